The molecule has 0 fully saturated rings. The third-order valence-electron chi connectivity index (χ3n) is 7.23. The molecule has 2 aliphatic rings. The fourth-order valence-corrected chi connectivity index (χ4v) is 5.41. The van der Waals surface area contributed by atoms with Crippen LogP contribution in [0.5, 0.6) is 51.7 Å². The summed E-state index contributed by atoms with van der Waals surface area (Å²) in [5.74, 6) is 1.46. The van der Waals surface area contributed by atoms with Gasteiger partial charge in [0.1, 0.15) is 17.2 Å². The Balaban J connectivity index is 0.00000461. The molecule has 2 aliphatic heterocycles. The van der Waals surface area contributed by atoms with E-state index in [-0.39, 0.29) is 72.9 Å². The fourth-order valence-electron chi connectivity index (χ4n) is 4.98. The number of phenols is 4. The molecule has 7 nitrogen and oxygen atoms in total. The van der Waals surface area contributed by atoms with Gasteiger partial charge in [-0.2, -0.15) is 0 Å². The Kier molecular flexibility index (Phi) is 11.4. The van der Waals surface area contributed by atoms with E-state index < -0.39 is 0 Å². The van der Waals surface area contributed by atoms with Gasteiger partial charge < -0.3 is 34.6 Å². The fraction of sp³-hybridized carbons (Fsp3) is 0.200. The number of aromatic hydroxyl groups is 4. The Morgan fingerprint density at radius 3 is 2.22 bits per heavy atom. The van der Waals surface area contributed by atoms with Gasteiger partial charge in [-0.05, 0) is 55.5 Å². The zero-order valence-corrected chi connectivity index (χ0v) is 29.3. The number of rotatable bonds is 1. The molecule has 231 valence electrons. The van der Waals surface area contributed by atoms with Crippen LogP contribution < -0.4 is 14.2 Å². The van der Waals surface area contributed by atoms with Crippen molar-refractivity contribution in [2.24, 2.45) is 0 Å². The molecule has 0 saturated heterocycles. The molecule has 0 amide bonds. The van der Waals surface area contributed by atoms with Gasteiger partial charge in [0.05, 0.1) is 12.1 Å². The van der Waals surface area contributed by atoms with E-state index in [4.69, 9.17) is 37.4 Å². The predicted molar refractivity (Wildman–Crippen MR) is 170 cm³/mol. The van der Waals surface area contributed by atoms with Crippen LogP contribution in [0.4, 0.5) is 0 Å². The molecule has 1 radical (unpaired) electrons. The topological polar surface area (TPSA) is 109 Å². The Morgan fingerprint density at radius 2 is 1.49 bits per heavy atom. The van der Waals surface area contributed by atoms with Gasteiger partial charge in [-0.15, -0.1) is 23.3 Å². The SMILES string of the molecule is COc1cc2cc(C)c1Oc1cc(c(O)cc1Cl)C/C=C\Cc1cc(O)cc(O)c1Oc1[c-]c(c(O)cc1C)C/C=C(/Cl)C2.[Y]. The van der Waals surface area contributed by atoms with Crippen molar-refractivity contribution in [1.82, 2.24) is 0 Å². The van der Waals surface area contributed by atoms with E-state index in [1.807, 2.05) is 31.2 Å². The first kappa shape index (κ1) is 34.5. The van der Waals surface area contributed by atoms with Crippen LogP contribution in [0.3, 0.4) is 0 Å². The Morgan fingerprint density at radius 1 is 0.756 bits per heavy atom. The van der Waals surface area contributed by atoms with Crippen molar-refractivity contribution in [2.75, 3.05) is 7.11 Å². The zero-order chi connectivity index (χ0) is 31.5. The molecule has 6 rings (SSSR count). The van der Waals surface area contributed by atoms with Gasteiger partial charge in [0.15, 0.2) is 23.0 Å². The van der Waals surface area contributed by atoms with Gasteiger partial charge in [0.25, 0.3) is 0 Å². The predicted octanol–water partition coefficient (Wildman–Crippen LogP) is 8.73. The summed E-state index contributed by atoms with van der Waals surface area (Å²) in [4.78, 5) is 0. The van der Waals surface area contributed by atoms with Gasteiger partial charge in [0, 0.05) is 78.9 Å². The second-order valence-electron chi connectivity index (χ2n) is 10.6. The van der Waals surface area contributed by atoms with Crippen LogP contribution >= 0.6 is 23.2 Å². The number of hydrogen-bond donors (Lipinski definition) is 4. The maximum absolute atomic E-state index is 10.7. The van der Waals surface area contributed by atoms with Crippen LogP contribution in [0.1, 0.15) is 33.4 Å². The maximum atomic E-state index is 10.7. The van der Waals surface area contributed by atoms with E-state index in [0.29, 0.717) is 69.5 Å². The van der Waals surface area contributed by atoms with Crippen LogP contribution in [-0.4, -0.2) is 27.5 Å². The third kappa shape index (κ3) is 8.09. The van der Waals surface area contributed by atoms with Crippen molar-refractivity contribution in [3.8, 4) is 51.7 Å². The molecule has 0 unspecified atom stereocenters. The quantitative estimate of drug-likeness (QED) is 0.115. The van der Waals surface area contributed by atoms with Crippen molar-refractivity contribution in [3.05, 3.63) is 110 Å². The minimum absolute atomic E-state index is 0. The molecule has 0 saturated carbocycles. The molecule has 0 aromatic heterocycles. The molecule has 2 heterocycles. The molecule has 45 heavy (non-hydrogen) atoms. The molecular weight excluding hydrogens is 692 g/mol. The van der Waals surface area contributed by atoms with E-state index >= 15 is 0 Å². The van der Waals surface area contributed by atoms with Crippen LogP contribution in [-0.2, 0) is 58.4 Å². The van der Waals surface area contributed by atoms with Crippen molar-refractivity contribution < 1.29 is 67.3 Å². The first-order valence-electron chi connectivity index (χ1n) is 13.9. The first-order chi connectivity index (χ1) is 21.0. The number of methoxy groups -OCH3 is 1. The Hall–Kier alpha value is -3.36. The van der Waals surface area contributed by atoms with Crippen LogP contribution in [0.2, 0.25) is 5.02 Å². The summed E-state index contributed by atoms with van der Waals surface area (Å²) in [5, 5.41) is 42.9. The van der Waals surface area contributed by atoms with Crippen molar-refractivity contribution in [3.63, 3.8) is 0 Å². The van der Waals surface area contributed by atoms with Gasteiger partial charge in [-0.1, -0.05) is 54.4 Å². The minimum Gasteiger partial charge on any atom is -0.565 e. The summed E-state index contributed by atoms with van der Waals surface area (Å²) in [7, 11) is 1.55. The summed E-state index contributed by atoms with van der Waals surface area (Å²) in [6, 6.07) is 14.3. The summed E-state index contributed by atoms with van der Waals surface area (Å²) >= 11 is 13.1. The van der Waals surface area contributed by atoms with E-state index in [1.54, 1.807) is 32.2 Å². The number of fused-ring (bicyclic) bond motifs is 6. The first-order valence-corrected chi connectivity index (χ1v) is 14.6. The van der Waals surface area contributed by atoms with Gasteiger partial charge in [-0.25, -0.2) is 0 Å². The van der Waals surface area contributed by atoms with Gasteiger partial charge >= 0.3 is 0 Å². The number of hydrogen-bond acceptors (Lipinski definition) is 7. The third-order valence-corrected chi connectivity index (χ3v) is 7.81. The largest absolute Gasteiger partial charge is 0.565 e. The number of phenolic OH excluding ortho intramolecular Hbond substituents is 4. The number of benzene rings is 4. The van der Waals surface area contributed by atoms with Gasteiger partial charge in [-0.3, -0.25) is 0 Å². The van der Waals surface area contributed by atoms with Crippen LogP contribution in [0, 0.1) is 19.9 Å². The van der Waals surface area contributed by atoms with E-state index in [1.165, 1.54) is 18.2 Å². The number of allylic oxidation sites excluding steroid dienone is 4. The molecule has 0 aliphatic carbocycles. The summed E-state index contributed by atoms with van der Waals surface area (Å²) in [5.41, 5.74) is 3.83. The molecule has 4 aromatic rings. The summed E-state index contributed by atoms with van der Waals surface area (Å²) < 4.78 is 18.0. The zero-order valence-electron chi connectivity index (χ0n) is 24.9. The normalized spacial score (nSPS) is 15.1. The molecule has 0 atom stereocenters. The van der Waals surface area contributed by atoms with Crippen molar-refractivity contribution in [1.29, 1.82) is 0 Å². The molecule has 10 heteroatoms. The second kappa shape index (κ2) is 14.8. The standard InChI is InChI=1S/C35H31Cl2O7.Y/c1-19-11-28(39)23-8-9-25(36)12-21-10-20(2)34(33(13-21)42-3)44-32-16-22(29(40)18-27(32)37)6-4-5-7-24-14-26(38)17-30(41)35(24)43-31(19)15-23;/h4-5,9-11,13-14,16-18,38-41H,6-8,12H2,1-3H3;/q-1;/b5-4-,25-9+;. The Labute approximate surface area is 297 Å². The molecule has 6 bridgehead atoms. The summed E-state index contributed by atoms with van der Waals surface area (Å²) in [6.45, 7) is 3.65. The number of ether oxygens (including phenoxy) is 3. The van der Waals surface area contributed by atoms with E-state index in [0.717, 1.165) is 11.1 Å². The average Bonchev–Trinajstić information content (AvgIpc) is 2.95. The minimum atomic E-state index is -0.248. The molecular formula is C35H31Cl2O7Y-. The second-order valence-corrected chi connectivity index (χ2v) is 11.5. The van der Waals surface area contributed by atoms with Crippen LogP contribution in [0.15, 0.2) is 65.7 Å². The maximum Gasteiger partial charge on any atom is 0.172 e. The van der Waals surface area contributed by atoms with E-state index in [2.05, 4.69) is 6.07 Å². The smallest absolute Gasteiger partial charge is 0.172 e. The van der Waals surface area contributed by atoms with Crippen molar-refractivity contribution in [2.45, 2.75) is 39.5 Å². The average molecular weight is 723 g/mol. The summed E-state index contributed by atoms with van der Waals surface area (Å²) in [6.07, 6.45) is 6.77. The molecule has 4 aromatic carbocycles. The monoisotopic (exact) mass is 722 g/mol. The molecule has 0 spiro atoms. The molecule has 4 N–H and O–H groups in total. The van der Waals surface area contributed by atoms with Gasteiger partial charge in [0.2, 0.25) is 0 Å². The van der Waals surface area contributed by atoms with Crippen molar-refractivity contribution >= 4 is 23.2 Å². The Bertz CT molecular complexity index is 1800. The number of halogens is 2. The number of aryl methyl sites for hydroxylation is 2. The van der Waals surface area contributed by atoms with Crippen LogP contribution in [0.25, 0.3) is 0 Å². The van der Waals surface area contributed by atoms with E-state index in [9.17, 15) is 20.4 Å².